The van der Waals surface area contributed by atoms with Gasteiger partial charge in [0.05, 0.1) is 22.9 Å². The fourth-order valence-corrected chi connectivity index (χ4v) is 2.56. The maximum atomic E-state index is 12.4. The van der Waals surface area contributed by atoms with E-state index in [0.29, 0.717) is 5.02 Å². The Bertz CT molecular complexity index is 1040. The number of hydrogen-bond donors (Lipinski definition) is 2. The molecule has 0 atom stereocenters. The Morgan fingerprint density at radius 2 is 1.47 bits per heavy atom. The Labute approximate surface area is 172 Å². The molecule has 5 nitrogen and oxygen atoms in total. The molecule has 0 bridgehead atoms. The fraction of sp³-hybridized carbons (Fsp3) is 0.235. The number of aryl methyl sites for hydroxylation is 2. The number of rotatable bonds is 0. The molecule has 2 N–H and O–H groups in total. The Kier molecular flexibility index (Phi) is 8.29. The first-order valence-electron chi connectivity index (χ1n) is 7.80. The number of aromatic nitrogens is 2. The second kappa shape index (κ2) is 9.67. The number of para-hydroxylation sites is 2. The molecule has 3 aromatic rings. The van der Waals surface area contributed by atoms with Gasteiger partial charge >= 0.3 is 21.8 Å². The van der Waals surface area contributed by atoms with Gasteiger partial charge in [0.25, 0.3) is 0 Å². The van der Waals surface area contributed by atoms with Crippen molar-refractivity contribution in [2.24, 2.45) is 0 Å². The molecule has 0 fully saturated rings. The molecule has 0 radical (unpaired) electrons. The van der Waals surface area contributed by atoms with Crippen LogP contribution in [0.25, 0.3) is 11.0 Å². The zero-order chi connectivity index (χ0) is 23.3. The third-order valence-electron chi connectivity index (χ3n) is 3.40. The minimum absolute atomic E-state index is 0.164. The van der Waals surface area contributed by atoms with Gasteiger partial charge in [-0.1, -0.05) is 23.7 Å². The molecule has 0 spiro atoms. The van der Waals surface area contributed by atoms with E-state index >= 15 is 0 Å². The number of halogens is 7. The van der Waals surface area contributed by atoms with Crippen LogP contribution in [0.4, 0.5) is 26.3 Å². The summed E-state index contributed by atoms with van der Waals surface area (Å²) in [5, 5.41) is 0.336. The van der Waals surface area contributed by atoms with Gasteiger partial charge in [-0.2, -0.15) is 34.8 Å². The first kappa shape index (κ1) is 25.7. The molecule has 166 valence electrons. The van der Waals surface area contributed by atoms with Crippen molar-refractivity contribution in [2.75, 3.05) is 0 Å². The fourth-order valence-electron chi connectivity index (χ4n) is 2.24. The highest BCUT2D eigenvalue weighted by molar-refractivity contribution is 7.86. The number of aromatic amines is 1. The van der Waals surface area contributed by atoms with Gasteiger partial charge in [0.2, 0.25) is 0 Å². The average Bonchev–Trinajstić information content (AvgIpc) is 3.00. The van der Waals surface area contributed by atoms with Crippen LogP contribution in [-0.2, 0) is 16.3 Å². The lowest BCUT2D eigenvalue weighted by molar-refractivity contribution is -0.138. The number of nitrogens with zero attached hydrogens (tertiary/aromatic N) is 1. The van der Waals surface area contributed by atoms with E-state index in [1.807, 2.05) is 24.3 Å². The number of fused-ring (bicyclic) bond motifs is 1. The van der Waals surface area contributed by atoms with Crippen molar-refractivity contribution < 1.29 is 39.3 Å². The lowest BCUT2D eigenvalue weighted by Crippen LogP contribution is -2.21. The predicted molar refractivity (Wildman–Crippen MR) is 99.6 cm³/mol. The monoisotopic (exact) mass is 476 g/mol. The van der Waals surface area contributed by atoms with Gasteiger partial charge in [-0.25, -0.2) is 4.98 Å². The normalized spacial score (nSPS) is 11.9. The molecule has 3 rings (SSSR count). The van der Waals surface area contributed by atoms with Crippen molar-refractivity contribution >= 4 is 32.8 Å². The maximum absolute atomic E-state index is 12.4. The molecule has 0 unspecified atom stereocenters. The lowest BCUT2D eigenvalue weighted by atomic mass is 10.0. The minimum Gasteiger partial charge on any atom is -0.345 e. The summed E-state index contributed by atoms with van der Waals surface area (Å²) in [6.45, 7) is 2.81. The lowest BCUT2D eigenvalue weighted by Gasteiger charge is -2.13. The van der Waals surface area contributed by atoms with Crippen LogP contribution in [0, 0.1) is 13.8 Å². The molecule has 0 aliphatic rings. The van der Waals surface area contributed by atoms with Gasteiger partial charge in [0.1, 0.15) is 0 Å². The van der Waals surface area contributed by atoms with Crippen LogP contribution in [0.1, 0.15) is 16.7 Å². The second-order valence-corrected chi connectivity index (χ2v) is 7.60. The van der Waals surface area contributed by atoms with E-state index in [2.05, 4.69) is 9.97 Å². The highest BCUT2D eigenvalue weighted by Crippen LogP contribution is 2.35. The molecule has 13 heteroatoms. The number of nitrogens with one attached hydrogen (secondary N) is 1. The van der Waals surface area contributed by atoms with E-state index in [4.69, 9.17) is 24.6 Å². The van der Waals surface area contributed by atoms with Crippen LogP contribution >= 0.6 is 11.6 Å². The topological polar surface area (TPSA) is 83.0 Å². The number of H-pyrrole nitrogens is 1. The van der Waals surface area contributed by atoms with Gasteiger partial charge in [0.15, 0.2) is 0 Å². The third kappa shape index (κ3) is 7.50. The molecular weight excluding hydrogens is 462 g/mol. The van der Waals surface area contributed by atoms with E-state index in [9.17, 15) is 26.3 Å². The molecule has 30 heavy (non-hydrogen) atoms. The largest absolute Gasteiger partial charge is 0.522 e. The number of alkyl halides is 6. The number of hydrogen-bond acceptors (Lipinski definition) is 3. The zero-order valence-electron chi connectivity index (χ0n) is 15.3. The minimum atomic E-state index is -5.84. The van der Waals surface area contributed by atoms with E-state index in [1.54, 1.807) is 6.33 Å². The molecule has 0 aliphatic heterocycles. The van der Waals surface area contributed by atoms with E-state index in [0.717, 1.165) is 11.0 Å². The highest BCUT2D eigenvalue weighted by Gasteiger charge is 2.44. The summed E-state index contributed by atoms with van der Waals surface area (Å²) in [4.78, 5) is 7.07. The van der Waals surface area contributed by atoms with Crippen LogP contribution in [0.2, 0.25) is 5.02 Å². The summed E-state index contributed by atoms with van der Waals surface area (Å²) in [5.74, 6) is 0. The maximum Gasteiger partial charge on any atom is 0.522 e. The van der Waals surface area contributed by atoms with Gasteiger partial charge in [-0.05, 0) is 49.2 Å². The first-order chi connectivity index (χ1) is 13.5. The Hall–Kier alpha value is -2.31. The zero-order valence-corrected chi connectivity index (χ0v) is 16.9. The predicted octanol–water partition coefficient (Wildman–Crippen LogP) is 5.93. The first-order valence-corrected chi connectivity index (χ1v) is 9.61. The van der Waals surface area contributed by atoms with Gasteiger partial charge in [-0.15, -0.1) is 0 Å². The molecule has 0 amide bonds. The van der Waals surface area contributed by atoms with Crippen LogP contribution in [-0.4, -0.2) is 28.4 Å². The second-order valence-electron chi connectivity index (χ2n) is 5.75. The standard InChI is InChI=1S/C9H8ClF3.C7H6N2.CHF3O3S/c1-5-3-7(10)4-6(2)8(5)9(11,12)13;1-2-4-7-6(3-1)8-5-9-7;2-1(3,4)8(5,6)7/h3-4H,1-2H3;1-5H,(H,8,9);(H,5,6,7). The highest BCUT2D eigenvalue weighted by atomic mass is 35.5. The van der Waals surface area contributed by atoms with Gasteiger partial charge in [0, 0.05) is 5.02 Å². The van der Waals surface area contributed by atoms with E-state index < -0.39 is 27.4 Å². The van der Waals surface area contributed by atoms with Gasteiger partial charge in [-0.3, -0.25) is 4.55 Å². The Morgan fingerprint density at radius 1 is 1.00 bits per heavy atom. The molecule has 0 saturated carbocycles. The molecular formula is C17H15ClF6N2O3S. The summed E-state index contributed by atoms with van der Waals surface area (Å²) in [6.07, 6.45) is -2.59. The summed E-state index contributed by atoms with van der Waals surface area (Å²) < 4.78 is 94.7. The van der Waals surface area contributed by atoms with Crippen molar-refractivity contribution in [3.63, 3.8) is 0 Å². The van der Waals surface area contributed by atoms with Crippen molar-refractivity contribution in [2.45, 2.75) is 25.5 Å². The van der Waals surface area contributed by atoms with Crippen LogP contribution < -0.4 is 0 Å². The SMILES string of the molecule is Cc1cc(Cl)cc(C)c1C(F)(F)F.O=S(=O)(O)C(F)(F)F.c1ccc2[nH]cnc2c1. The molecule has 1 heterocycles. The molecule has 2 aromatic carbocycles. The quantitative estimate of drug-likeness (QED) is 0.239. The Balaban J connectivity index is 0.000000234. The average molecular weight is 477 g/mol. The van der Waals surface area contributed by atoms with Crippen molar-refractivity contribution in [3.05, 3.63) is 64.4 Å². The Morgan fingerprint density at radius 3 is 1.87 bits per heavy atom. The van der Waals surface area contributed by atoms with Crippen molar-refractivity contribution in [1.82, 2.24) is 9.97 Å². The molecule has 0 saturated heterocycles. The van der Waals surface area contributed by atoms with Gasteiger partial charge < -0.3 is 4.98 Å². The summed E-state index contributed by atoms with van der Waals surface area (Å²) in [5.41, 5.74) is -3.67. The van der Waals surface area contributed by atoms with Crippen molar-refractivity contribution in [1.29, 1.82) is 0 Å². The molecule has 1 aromatic heterocycles. The summed E-state index contributed by atoms with van der Waals surface area (Å²) in [7, 11) is -5.84. The van der Waals surface area contributed by atoms with Crippen molar-refractivity contribution in [3.8, 4) is 0 Å². The number of benzene rings is 2. The number of imidazole rings is 1. The third-order valence-corrected chi connectivity index (χ3v) is 4.20. The molecule has 0 aliphatic carbocycles. The van der Waals surface area contributed by atoms with Crippen LogP contribution in [0.3, 0.4) is 0 Å². The smallest absolute Gasteiger partial charge is 0.345 e. The summed E-state index contributed by atoms with van der Waals surface area (Å²) in [6, 6.07) is 10.6. The van der Waals surface area contributed by atoms with E-state index in [-0.39, 0.29) is 11.1 Å². The van der Waals surface area contributed by atoms with E-state index in [1.165, 1.54) is 26.0 Å². The summed E-state index contributed by atoms with van der Waals surface area (Å²) >= 11 is 5.60. The van der Waals surface area contributed by atoms with Crippen LogP contribution in [0.15, 0.2) is 42.7 Å². The van der Waals surface area contributed by atoms with Crippen LogP contribution in [0.5, 0.6) is 0 Å².